The SMILES string of the molecule is Cc1cc(C(=O)NC2CCCCCC2)sc1C#CCN. The number of hydrogen-bond donors (Lipinski definition) is 2. The van der Waals surface area contributed by atoms with E-state index in [4.69, 9.17) is 5.73 Å². The average Bonchev–Trinajstić information content (AvgIpc) is 2.64. The minimum atomic E-state index is 0.0470. The summed E-state index contributed by atoms with van der Waals surface area (Å²) in [6, 6.07) is 2.27. The molecule has 1 fully saturated rings. The molecule has 0 atom stereocenters. The molecule has 1 aliphatic rings. The van der Waals surface area contributed by atoms with Crippen molar-refractivity contribution in [3.05, 3.63) is 21.4 Å². The summed E-state index contributed by atoms with van der Waals surface area (Å²) in [4.78, 5) is 14.0. The second-order valence-corrected chi connectivity index (χ2v) is 6.34. The molecular formula is C16H22N2OS. The molecule has 0 unspecified atom stereocenters. The van der Waals surface area contributed by atoms with Gasteiger partial charge in [-0.3, -0.25) is 4.79 Å². The van der Waals surface area contributed by atoms with Crippen molar-refractivity contribution >= 4 is 17.2 Å². The Balaban J connectivity index is 2.01. The molecule has 2 rings (SSSR count). The van der Waals surface area contributed by atoms with Crippen molar-refractivity contribution in [2.24, 2.45) is 5.73 Å². The Morgan fingerprint density at radius 3 is 2.75 bits per heavy atom. The summed E-state index contributed by atoms with van der Waals surface area (Å²) < 4.78 is 0. The van der Waals surface area contributed by atoms with Crippen LogP contribution in [0.2, 0.25) is 0 Å². The standard InChI is InChI=1S/C16H22N2OS/c1-12-11-15(20-14(12)9-6-10-17)16(19)18-13-7-4-2-3-5-8-13/h11,13H,2-5,7-8,10,17H2,1H3,(H,18,19). The molecule has 0 aliphatic heterocycles. The fourth-order valence-electron chi connectivity index (χ4n) is 2.53. The number of nitrogens with two attached hydrogens (primary N) is 1. The molecular weight excluding hydrogens is 268 g/mol. The fourth-order valence-corrected chi connectivity index (χ4v) is 3.48. The maximum atomic E-state index is 12.3. The molecule has 0 bridgehead atoms. The van der Waals surface area contributed by atoms with Crippen molar-refractivity contribution in [3.63, 3.8) is 0 Å². The van der Waals surface area contributed by atoms with Crippen molar-refractivity contribution in [1.82, 2.24) is 5.32 Å². The molecule has 1 aromatic rings. The number of hydrogen-bond acceptors (Lipinski definition) is 3. The molecule has 1 saturated carbocycles. The molecule has 0 spiro atoms. The van der Waals surface area contributed by atoms with Crippen molar-refractivity contribution < 1.29 is 4.79 Å². The molecule has 1 amide bonds. The van der Waals surface area contributed by atoms with Crippen LogP contribution in [0.15, 0.2) is 6.07 Å². The van der Waals surface area contributed by atoms with E-state index in [0.29, 0.717) is 12.6 Å². The highest BCUT2D eigenvalue weighted by Crippen LogP contribution is 2.22. The second-order valence-electron chi connectivity index (χ2n) is 5.29. The lowest BCUT2D eigenvalue weighted by molar-refractivity contribution is 0.0937. The zero-order chi connectivity index (χ0) is 14.4. The first kappa shape index (κ1) is 15.1. The minimum absolute atomic E-state index is 0.0470. The first-order valence-corrected chi connectivity index (χ1v) is 8.12. The van der Waals surface area contributed by atoms with Crippen LogP contribution in [0, 0.1) is 18.8 Å². The highest BCUT2D eigenvalue weighted by Gasteiger charge is 2.17. The Morgan fingerprint density at radius 2 is 2.10 bits per heavy atom. The summed E-state index contributed by atoms with van der Waals surface area (Å²) in [5, 5.41) is 3.17. The molecule has 4 heteroatoms. The number of aryl methyl sites for hydroxylation is 1. The zero-order valence-corrected chi connectivity index (χ0v) is 12.8. The lowest BCUT2D eigenvalue weighted by Crippen LogP contribution is -2.33. The number of thiophene rings is 1. The van der Waals surface area contributed by atoms with E-state index in [2.05, 4.69) is 17.2 Å². The highest BCUT2D eigenvalue weighted by molar-refractivity contribution is 7.14. The van der Waals surface area contributed by atoms with E-state index in [9.17, 15) is 4.79 Å². The van der Waals surface area contributed by atoms with Gasteiger partial charge < -0.3 is 11.1 Å². The molecule has 1 aliphatic carbocycles. The van der Waals surface area contributed by atoms with Crippen molar-refractivity contribution in [2.45, 2.75) is 51.5 Å². The highest BCUT2D eigenvalue weighted by atomic mass is 32.1. The van der Waals surface area contributed by atoms with Crippen LogP contribution in [0.3, 0.4) is 0 Å². The van der Waals surface area contributed by atoms with E-state index in [0.717, 1.165) is 28.2 Å². The molecule has 1 aromatic heterocycles. The molecule has 0 aromatic carbocycles. The molecule has 0 saturated heterocycles. The fraction of sp³-hybridized carbons (Fsp3) is 0.562. The third-order valence-corrected chi connectivity index (χ3v) is 4.79. The van der Waals surface area contributed by atoms with Gasteiger partial charge in [-0.15, -0.1) is 11.3 Å². The number of carbonyl (C=O) groups is 1. The summed E-state index contributed by atoms with van der Waals surface area (Å²) in [5.74, 6) is 5.92. The molecule has 3 N–H and O–H groups in total. The summed E-state index contributed by atoms with van der Waals surface area (Å²) in [6.07, 6.45) is 7.25. The number of carbonyl (C=O) groups excluding carboxylic acids is 1. The van der Waals surface area contributed by atoms with E-state index in [1.807, 2.05) is 13.0 Å². The van der Waals surface area contributed by atoms with Gasteiger partial charge >= 0.3 is 0 Å². The predicted octanol–water partition coefficient (Wildman–Crippen LogP) is 2.82. The van der Waals surface area contributed by atoms with Crippen LogP contribution in [0.4, 0.5) is 0 Å². The molecule has 1 heterocycles. The van der Waals surface area contributed by atoms with Crippen LogP contribution < -0.4 is 11.1 Å². The molecule has 0 radical (unpaired) electrons. The third-order valence-electron chi connectivity index (χ3n) is 3.64. The summed E-state index contributed by atoms with van der Waals surface area (Å²) in [5.41, 5.74) is 6.44. The van der Waals surface area contributed by atoms with Gasteiger partial charge in [-0.05, 0) is 31.4 Å². The van der Waals surface area contributed by atoms with Gasteiger partial charge in [0.15, 0.2) is 0 Å². The van der Waals surface area contributed by atoms with E-state index < -0.39 is 0 Å². The average molecular weight is 290 g/mol. The maximum absolute atomic E-state index is 12.3. The van der Waals surface area contributed by atoms with E-state index >= 15 is 0 Å². The zero-order valence-electron chi connectivity index (χ0n) is 12.0. The normalized spacial score (nSPS) is 16.1. The van der Waals surface area contributed by atoms with Crippen LogP contribution in [-0.2, 0) is 0 Å². The lowest BCUT2D eigenvalue weighted by atomic mass is 10.1. The monoisotopic (exact) mass is 290 g/mol. The number of amides is 1. The first-order chi connectivity index (χ1) is 9.70. The Hall–Kier alpha value is -1.31. The van der Waals surface area contributed by atoms with Gasteiger partial charge in [0.05, 0.1) is 16.3 Å². The van der Waals surface area contributed by atoms with Crippen molar-refractivity contribution in [2.75, 3.05) is 6.54 Å². The van der Waals surface area contributed by atoms with Gasteiger partial charge in [-0.1, -0.05) is 37.5 Å². The smallest absolute Gasteiger partial charge is 0.261 e. The topological polar surface area (TPSA) is 55.1 Å². The van der Waals surface area contributed by atoms with Crippen molar-refractivity contribution in [1.29, 1.82) is 0 Å². The van der Waals surface area contributed by atoms with E-state index in [1.54, 1.807) is 0 Å². The Morgan fingerprint density at radius 1 is 1.40 bits per heavy atom. The van der Waals surface area contributed by atoms with Crippen LogP contribution >= 0.6 is 11.3 Å². The molecule has 108 valence electrons. The maximum Gasteiger partial charge on any atom is 0.261 e. The van der Waals surface area contributed by atoms with Crippen LogP contribution in [0.5, 0.6) is 0 Å². The van der Waals surface area contributed by atoms with Crippen LogP contribution in [-0.4, -0.2) is 18.5 Å². The Kier molecular flexibility index (Phi) is 5.63. The Bertz CT molecular complexity index is 516. The van der Waals surface area contributed by atoms with Crippen molar-refractivity contribution in [3.8, 4) is 11.8 Å². The van der Waals surface area contributed by atoms with E-state index in [-0.39, 0.29) is 5.91 Å². The summed E-state index contributed by atoms with van der Waals surface area (Å²) >= 11 is 1.46. The summed E-state index contributed by atoms with van der Waals surface area (Å²) in [6.45, 7) is 2.33. The van der Waals surface area contributed by atoms with Gasteiger partial charge in [0.25, 0.3) is 5.91 Å². The quantitative estimate of drug-likeness (QED) is 0.650. The predicted molar refractivity (Wildman–Crippen MR) is 83.9 cm³/mol. The van der Waals surface area contributed by atoms with Gasteiger partial charge in [0.2, 0.25) is 0 Å². The third kappa shape index (κ3) is 4.09. The first-order valence-electron chi connectivity index (χ1n) is 7.31. The number of nitrogens with one attached hydrogen (secondary N) is 1. The van der Waals surface area contributed by atoms with Crippen LogP contribution in [0.25, 0.3) is 0 Å². The summed E-state index contributed by atoms with van der Waals surface area (Å²) in [7, 11) is 0. The van der Waals surface area contributed by atoms with Gasteiger partial charge in [-0.2, -0.15) is 0 Å². The Labute approximate surface area is 124 Å². The molecule has 20 heavy (non-hydrogen) atoms. The van der Waals surface area contributed by atoms with E-state index in [1.165, 1.54) is 37.0 Å². The van der Waals surface area contributed by atoms with Gasteiger partial charge in [0.1, 0.15) is 0 Å². The largest absolute Gasteiger partial charge is 0.349 e. The second kappa shape index (κ2) is 7.47. The lowest BCUT2D eigenvalue weighted by Gasteiger charge is -2.15. The van der Waals surface area contributed by atoms with Crippen LogP contribution in [0.1, 0.15) is 58.6 Å². The van der Waals surface area contributed by atoms with Gasteiger partial charge in [0, 0.05) is 6.04 Å². The molecule has 3 nitrogen and oxygen atoms in total. The number of rotatable bonds is 2. The minimum Gasteiger partial charge on any atom is -0.349 e. The van der Waals surface area contributed by atoms with Gasteiger partial charge in [-0.25, -0.2) is 0 Å².